The summed E-state index contributed by atoms with van der Waals surface area (Å²) < 4.78 is 0. The Morgan fingerprint density at radius 1 is 1.19 bits per heavy atom. The lowest BCUT2D eigenvalue weighted by atomic mass is 10.1. The highest BCUT2D eigenvalue weighted by atomic mass is 35.5. The number of nitrogens with one attached hydrogen (secondary N) is 1. The van der Waals surface area contributed by atoms with Crippen LogP contribution in [0.5, 0.6) is 0 Å². The molecule has 0 bridgehead atoms. The van der Waals surface area contributed by atoms with Crippen molar-refractivity contribution >= 4 is 34.8 Å². The lowest BCUT2D eigenvalue weighted by molar-refractivity contribution is 0.0690. The lowest BCUT2D eigenvalue weighted by Gasteiger charge is -2.27. The molecule has 5 rings (SSSR count). The van der Waals surface area contributed by atoms with Gasteiger partial charge in [0.2, 0.25) is 0 Å². The third-order valence-electron chi connectivity index (χ3n) is 6.34. The predicted octanol–water partition coefficient (Wildman–Crippen LogP) is 4.97. The normalized spacial score (nSPS) is 21.3. The number of amides is 2. The van der Waals surface area contributed by atoms with E-state index in [0.29, 0.717) is 34.7 Å². The van der Waals surface area contributed by atoms with Gasteiger partial charge >= 0.3 is 0 Å². The minimum Gasteiger partial charge on any atom is -0.350 e. The molecular weight excluding hydrogens is 442 g/mol. The summed E-state index contributed by atoms with van der Waals surface area (Å²) in [5.41, 5.74) is 3.22. The molecule has 32 heavy (non-hydrogen) atoms. The van der Waals surface area contributed by atoms with Crippen LogP contribution >= 0.6 is 22.9 Å². The maximum Gasteiger partial charge on any atom is 0.274 e. The summed E-state index contributed by atoms with van der Waals surface area (Å²) in [6.07, 6.45) is 1.11. The van der Waals surface area contributed by atoms with Gasteiger partial charge in [-0.3, -0.25) is 9.59 Å². The number of carbonyl (C=O) groups is 2. The maximum atomic E-state index is 13.6. The fourth-order valence-electron chi connectivity index (χ4n) is 4.69. The van der Waals surface area contributed by atoms with Crippen LogP contribution < -0.4 is 5.32 Å². The number of piperidine rings is 1. The molecule has 2 amide bonds. The first-order chi connectivity index (χ1) is 15.4. The smallest absolute Gasteiger partial charge is 0.274 e. The topological polar surface area (TPSA) is 62.3 Å². The van der Waals surface area contributed by atoms with E-state index in [1.54, 1.807) is 35.6 Å². The largest absolute Gasteiger partial charge is 0.350 e. The molecule has 3 aromatic rings. The molecule has 2 heterocycles. The van der Waals surface area contributed by atoms with E-state index in [1.807, 2.05) is 36.9 Å². The molecule has 1 saturated carbocycles. The van der Waals surface area contributed by atoms with Crippen LogP contribution in [-0.2, 0) is 0 Å². The number of aryl methyl sites for hydroxylation is 2. The molecular formula is C25H24ClN3O2S. The van der Waals surface area contributed by atoms with Crippen LogP contribution in [0.2, 0.25) is 5.02 Å². The number of carbonyl (C=O) groups excluding carboxylic acids is 2. The number of rotatable bonds is 5. The molecule has 3 atom stereocenters. The summed E-state index contributed by atoms with van der Waals surface area (Å²) in [5, 5.41) is 4.41. The van der Waals surface area contributed by atoms with Gasteiger partial charge in [0.05, 0.1) is 15.9 Å². The second-order valence-corrected chi connectivity index (χ2v) is 10.3. The molecule has 7 heteroatoms. The summed E-state index contributed by atoms with van der Waals surface area (Å²) in [7, 11) is 0. The van der Waals surface area contributed by atoms with Gasteiger partial charge in [0.25, 0.3) is 11.8 Å². The van der Waals surface area contributed by atoms with Gasteiger partial charge in [-0.15, -0.1) is 11.3 Å². The number of hydrogen-bond donors (Lipinski definition) is 1. The molecule has 2 fully saturated rings. The number of aromatic nitrogens is 1. The molecule has 1 aliphatic heterocycles. The van der Waals surface area contributed by atoms with Crippen molar-refractivity contribution in [2.75, 3.05) is 13.1 Å². The molecule has 2 aromatic carbocycles. The van der Waals surface area contributed by atoms with Crippen LogP contribution in [0.1, 0.15) is 37.8 Å². The minimum atomic E-state index is -0.172. The Balaban J connectivity index is 1.36. The Hall–Kier alpha value is -2.70. The van der Waals surface area contributed by atoms with Gasteiger partial charge in [-0.2, -0.15) is 0 Å². The third kappa shape index (κ3) is 4.05. The van der Waals surface area contributed by atoms with E-state index in [2.05, 4.69) is 16.4 Å². The Kier molecular flexibility index (Phi) is 5.51. The highest BCUT2D eigenvalue weighted by molar-refractivity contribution is 7.15. The average molecular weight is 466 g/mol. The Morgan fingerprint density at radius 2 is 2.00 bits per heavy atom. The van der Waals surface area contributed by atoms with E-state index in [4.69, 9.17) is 11.6 Å². The summed E-state index contributed by atoms with van der Waals surface area (Å²) in [6.45, 7) is 5.14. The average Bonchev–Trinajstić information content (AvgIpc) is 3.28. The SMILES string of the molecule is Cc1cccc(-c2sc(C)nc2C(=O)N2CC3C[C@@H]3C2CNC(=O)c2cccc(Cl)c2)c1. The van der Waals surface area contributed by atoms with Crippen molar-refractivity contribution < 1.29 is 9.59 Å². The quantitative estimate of drug-likeness (QED) is 0.578. The molecule has 0 spiro atoms. The minimum absolute atomic E-state index is 0.0111. The van der Waals surface area contributed by atoms with Gasteiger partial charge in [0.1, 0.15) is 5.69 Å². The Labute approximate surface area is 196 Å². The van der Waals surface area contributed by atoms with Crippen LogP contribution in [0, 0.1) is 25.7 Å². The number of hydrogen-bond acceptors (Lipinski definition) is 4. The van der Waals surface area contributed by atoms with Crippen LogP contribution in [0.25, 0.3) is 10.4 Å². The van der Waals surface area contributed by atoms with Crippen LogP contribution in [-0.4, -0.2) is 40.8 Å². The summed E-state index contributed by atoms with van der Waals surface area (Å²) in [4.78, 5) is 33.7. The monoisotopic (exact) mass is 465 g/mol. The second kappa shape index (κ2) is 8.34. The number of likely N-dealkylation sites (tertiary alicyclic amines) is 1. The highest BCUT2D eigenvalue weighted by Gasteiger charge is 2.54. The summed E-state index contributed by atoms with van der Waals surface area (Å²) in [5.74, 6) is 0.754. The zero-order chi connectivity index (χ0) is 22.4. The van der Waals surface area contributed by atoms with Crippen LogP contribution in [0.3, 0.4) is 0 Å². The summed E-state index contributed by atoms with van der Waals surface area (Å²) >= 11 is 7.57. The number of fused-ring (bicyclic) bond motifs is 1. The zero-order valence-corrected chi connectivity index (χ0v) is 19.5. The second-order valence-electron chi connectivity index (χ2n) is 8.68. The van der Waals surface area contributed by atoms with E-state index >= 15 is 0 Å². The van der Waals surface area contributed by atoms with Gasteiger partial charge < -0.3 is 10.2 Å². The van der Waals surface area contributed by atoms with Gasteiger partial charge in [-0.1, -0.05) is 47.5 Å². The van der Waals surface area contributed by atoms with E-state index in [1.165, 1.54) is 0 Å². The van der Waals surface area contributed by atoms with E-state index < -0.39 is 0 Å². The van der Waals surface area contributed by atoms with Crippen molar-refractivity contribution in [3.63, 3.8) is 0 Å². The molecule has 1 N–H and O–H groups in total. The van der Waals surface area contributed by atoms with Crippen LogP contribution in [0.4, 0.5) is 0 Å². The van der Waals surface area contributed by atoms with Crippen molar-refractivity contribution in [2.45, 2.75) is 26.3 Å². The van der Waals surface area contributed by atoms with Crippen molar-refractivity contribution in [3.05, 3.63) is 75.4 Å². The van der Waals surface area contributed by atoms with Gasteiger partial charge in [-0.05, 0) is 55.9 Å². The molecule has 0 radical (unpaired) electrons. The van der Waals surface area contributed by atoms with Crippen molar-refractivity contribution in [2.24, 2.45) is 11.8 Å². The number of benzene rings is 2. The summed E-state index contributed by atoms with van der Waals surface area (Å²) in [6, 6.07) is 15.1. The molecule has 2 aliphatic rings. The maximum absolute atomic E-state index is 13.6. The Bertz CT molecular complexity index is 1210. The first-order valence-electron chi connectivity index (χ1n) is 10.8. The number of halogens is 1. The highest BCUT2D eigenvalue weighted by Crippen LogP contribution is 2.50. The third-order valence-corrected chi connectivity index (χ3v) is 7.59. The van der Waals surface area contributed by atoms with Crippen molar-refractivity contribution in [1.82, 2.24) is 15.2 Å². The molecule has 164 valence electrons. The number of nitrogens with zero attached hydrogens (tertiary/aromatic N) is 2. The van der Waals surface area contributed by atoms with E-state index in [9.17, 15) is 9.59 Å². The fourth-order valence-corrected chi connectivity index (χ4v) is 5.78. The lowest BCUT2D eigenvalue weighted by Crippen LogP contribution is -2.45. The van der Waals surface area contributed by atoms with E-state index in [-0.39, 0.29) is 17.9 Å². The molecule has 1 aliphatic carbocycles. The first-order valence-corrected chi connectivity index (χ1v) is 12.0. The Morgan fingerprint density at radius 3 is 2.78 bits per heavy atom. The molecule has 2 unspecified atom stereocenters. The van der Waals surface area contributed by atoms with Gasteiger partial charge in [-0.25, -0.2) is 4.98 Å². The molecule has 5 nitrogen and oxygen atoms in total. The standard InChI is InChI=1S/C25H24ClN3O2S/c1-14-5-3-6-16(9-14)23-22(28-15(2)32-23)25(31)29-13-18-11-20(18)21(29)12-27-24(30)17-7-4-8-19(26)10-17/h3-10,18,20-21H,11-13H2,1-2H3,(H,27,30)/t18?,20-,21?/m0/s1. The van der Waals surface area contributed by atoms with Crippen molar-refractivity contribution in [3.8, 4) is 10.4 Å². The first kappa shape index (κ1) is 21.2. The molecule has 1 aromatic heterocycles. The fraction of sp³-hybridized carbons (Fsp3) is 0.320. The van der Waals surface area contributed by atoms with Crippen molar-refractivity contribution in [1.29, 1.82) is 0 Å². The zero-order valence-electron chi connectivity index (χ0n) is 18.0. The van der Waals surface area contributed by atoms with Crippen LogP contribution in [0.15, 0.2) is 48.5 Å². The molecule has 1 saturated heterocycles. The van der Waals surface area contributed by atoms with Gasteiger partial charge in [0, 0.05) is 23.7 Å². The number of thiazole rings is 1. The predicted molar refractivity (Wildman–Crippen MR) is 127 cm³/mol. The van der Waals surface area contributed by atoms with Gasteiger partial charge in [0.15, 0.2) is 0 Å². The van der Waals surface area contributed by atoms with E-state index in [0.717, 1.165) is 34.0 Å².